The number of carbonyl (C=O) groups excluding carboxylic acids is 1. The van der Waals surface area contributed by atoms with E-state index in [1.807, 2.05) is 42.5 Å². The molecule has 4 rings (SSSR count). The van der Waals surface area contributed by atoms with Gasteiger partial charge < -0.3 is 10.6 Å². The van der Waals surface area contributed by atoms with Crippen molar-refractivity contribution in [2.45, 2.75) is 52.3 Å². The molecule has 0 spiro atoms. The minimum atomic E-state index is -3.53. The van der Waals surface area contributed by atoms with Gasteiger partial charge in [-0.1, -0.05) is 56.3 Å². The molecule has 39 heavy (non-hydrogen) atoms. The summed E-state index contributed by atoms with van der Waals surface area (Å²) in [5.41, 5.74) is 5.76. The van der Waals surface area contributed by atoms with Crippen molar-refractivity contribution < 1.29 is 13.2 Å². The third-order valence-electron chi connectivity index (χ3n) is 6.67. The van der Waals surface area contributed by atoms with Gasteiger partial charge in [-0.2, -0.15) is 0 Å². The van der Waals surface area contributed by atoms with Gasteiger partial charge in [-0.3, -0.25) is 14.4 Å². The smallest absolute Gasteiger partial charge is 0.258 e. The highest BCUT2D eigenvalue weighted by Crippen LogP contribution is 2.39. The predicted molar refractivity (Wildman–Crippen MR) is 162 cm³/mol. The lowest BCUT2D eigenvalue weighted by atomic mass is 9.99. The van der Waals surface area contributed by atoms with Crippen molar-refractivity contribution in [2.75, 3.05) is 28.4 Å². The first-order chi connectivity index (χ1) is 18.7. The van der Waals surface area contributed by atoms with Gasteiger partial charge in [0.05, 0.1) is 16.5 Å². The van der Waals surface area contributed by atoms with E-state index in [0.717, 1.165) is 43.7 Å². The second-order valence-corrected chi connectivity index (χ2v) is 12.4. The van der Waals surface area contributed by atoms with Crippen LogP contribution in [0.5, 0.6) is 0 Å². The number of nitrogens with zero attached hydrogens (tertiary/aromatic N) is 1. The number of amides is 1. The predicted octanol–water partition coefficient (Wildman–Crippen LogP) is 6.39. The summed E-state index contributed by atoms with van der Waals surface area (Å²) in [5, 5.41) is 5.84. The Morgan fingerprint density at radius 2 is 1.54 bits per heavy atom. The van der Waals surface area contributed by atoms with E-state index in [1.54, 1.807) is 32.0 Å². The average Bonchev–Trinajstić information content (AvgIpc) is 3.23. The number of anilines is 3. The number of fused-ring (bicyclic) bond motifs is 1. The molecule has 0 atom stereocenters. The van der Waals surface area contributed by atoms with Crippen LogP contribution in [-0.4, -0.2) is 37.6 Å². The van der Waals surface area contributed by atoms with Crippen LogP contribution < -0.4 is 15.4 Å². The fourth-order valence-corrected chi connectivity index (χ4v) is 5.33. The van der Waals surface area contributed by atoms with Crippen LogP contribution in [0, 0.1) is 0 Å². The van der Waals surface area contributed by atoms with Crippen molar-refractivity contribution in [2.24, 2.45) is 0 Å². The second-order valence-electron chi connectivity index (χ2n) is 10.1. The average molecular weight is 547 g/mol. The molecule has 3 aromatic rings. The summed E-state index contributed by atoms with van der Waals surface area (Å²) in [4.78, 5) is 15.7. The molecular weight excluding hydrogens is 508 g/mol. The SMILES string of the molecule is CCCN(CCC)Cc1ccc(NC(=C2C(=O)Nc3ccc(NS(=O)(=O)C(C)C)cc32)c2ccccc2)cc1. The molecule has 1 heterocycles. The third kappa shape index (κ3) is 6.88. The van der Waals surface area contributed by atoms with E-state index < -0.39 is 15.3 Å². The minimum absolute atomic E-state index is 0.244. The molecule has 0 radical (unpaired) electrons. The maximum atomic E-state index is 13.3. The number of carbonyl (C=O) groups is 1. The summed E-state index contributed by atoms with van der Waals surface area (Å²) in [5.74, 6) is -0.244. The van der Waals surface area contributed by atoms with Crippen LogP contribution in [0.1, 0.15) is 57.2 Å². The van der Waals surface area contributed by atoms with E-state index >= 15 is 0 Å². The zero-order valence-corrected chi connectivity index (χ0v) is 23.9. The van der Waals surface area contributed by atoms with Crippen molar-refractivity contribution in [1.82, 2.24) is 4.90 Å². The first kappa shape index (κ1) is 28.4. The van der Waals surface area contributed by atoms with Gasteiger partial charge in [0.25, 0.3) is 5.91 Å². The number of nitrogens with one attached hydrogen (secondary N) is 3. The van der Waals surface area contributed by atoms with Crippen LogP contribution in [0.2, 0.25) is 0 Å². The van der Waals surface area contributed by atoms with Gasteiger partial charge in [-0.25, -0.2) is 8.42 Å². The highest BCUT2D eigenvalue weighted by Gasteiger charge is 2.29. The first-order valence-corrected chi connectivity index (χ1v) is 15.1. The summed E-state index contributed by atoms with van der Waals surface area (Å²) in [6, 6.07) is 23.1. The maximum absolute atomic E-state index is 13.3. The molecule has 8 heteroatoms. The molecule has 0 aliphatic carbocycles. The van der Waals surface area contributed by atoms with E-state index in [4.69, 9.17) is 0 Å². The van der Waals surface area contributed by atoms with Crippen molar-refractivity contribution in [1.29, 1.82) is 0 Å². The Bertz CT molecular complexity index is 1430. The fraction of sp³-hybridized carbons (Fsp3) is 0.323. The van der Waals surface area contributed by atoms with Gasteiger partial charge in [-0.05, 0) is 81.2 Å². The van der Waals surface area contributed by atoms with E-state index in [9.17, 15) is 13.2 Å². The number of benzene rings is 3. The maximum Gasteiger partial charge on any atom is 0.258 e. The number of sulfonamides is 1. The molecule has 1 aliphatic heterocycles. The van der Waals surface area contributed by atoms with Gasteiger partial charge in [0.2, 0.25) is 10.0 Å². The lowest BCUT2D eigenvalue weighted by molar-refractivity contribution is -0.110. The minimum Gasteiger partial charge on any atom is -0.354 e. The summed E-state index contributed by atoms with van der Waals surface area (Å²) >= 11 is 0. The highest BCUT2D eigenvalue weighted by atomic mass is 32.2. The highest BCUT2D eigenvalue weighted by molar-refractivity contribution is 7.93. The summed E-state index contributed by atoms with van der Waals surface area (Å²) in [6.45, 7) is 10.7. The molecule has 3 N–H and O–H groups in total. The summed E-state index contributed by atoms with van der Waals surface area (Å²) < 4.78 is 27.6. The van der Waals surface area contributed by atoms with E-state index in [0.29, 0.717) is 28.2 Å². The monoisotopic (exact) mass is 546 g/mol. The Balaban J connectivity index is 1.71. The lowest BCUT2D eigenvalue weighted by Crippen LogP contribution is -2.24. The summed E-state index contributed by atoms with van der Waals surface area (Å²) in [7, 11) is -3.53. The normalized spacial score (nSPS) is 14.4. The molecule has 0 saturated carbocycles. The molecule has 0 saturated heterocycles. The second kappa shape index (κ2) is 12.5. The molecule has 0 fully saturated rings. The quantitative estimate of drug-likeness (QED) is 0.229. The molecule has 1 amide bonds. The number of hydrogen-bond acceptors (Lipinski definition) is 5. The molecule has 1 aliphatic rings. The summed E-state index contributed by atoms with van der Waals surface area (Å²) in [6.07, 6.45) is 2.25. The molecule has 0 aromatic heterocycles. The van der Waals surface area contributed by atoms with Crippen LogP contribution in [0.25, 0.3) is 11.3 Å². The van der Waals surface area contributed by atoms with Crippen LogP contribution in [0.3, 0.4) is 0 Å². The fourth-order valence-electron chi connectivity index (χ4n) is 4.64. The van der Waals surface area contributed by atoms with Crippen LogP contribution in [-0.2, 0) is 21.4 Å². The molecule has 206 valence electrons. The van der Waals surface area contributed by atoms with Crippen molar-refractivity contribution in [3.05, 3.63) is 89.5 Å². The Labute approximate surface area is 232 Å². The molecular formula is C31H38N4O3S. The first-order valence-electron chi connectivity index (χ1n) is 13.6. The van der Waals surface area contributed by atoms with E-state index in [-0.39, 0.29) is 5.91 Å². The van der Waals surface area contributed by atoms with Crippen molar-refractivity contribution in [3.63, 3.8) is 0 Å². The third-order valence-corrected chi connectivity index (χ3v) is 8.43. The lowest BCUT2D eigenvalue weighted by Gasteiger charge is -2.21. The largest absolute Gasteiger partial charge is 0.354 e. The van der Waals surface area contributed by atoms with Gasteiger partial charge >= 0.3 is 0 Å². The zero-order chi connectivity index (χ0) is 28.0. The number of hydrogen-bond donors (Lipinski definition) is 3. The topological polar surface area (TPSA) is 90.5 Å². The zero-order valence-electron chi connectivity index (χ0n) is 23.1. The van der Waals surface area contributed by atoms with E-state index in [2.05, 4.69) is 46.2 Å². The standard InChI is InChI=1S/C31H38N4O3S/c1-5-18-35(19-6-2)21-23-12-14-25(15-13-23)32-30(24-10-8-7-9-11-24)29-27-20-26(34-39(37,38)22(3)4)16-17-28(27)33-31(29)36/h7-17,20,22,32,34H,5-6,18-19,21H2,1-4H3,(H,33,36). The van der Waals surface area contributed by atoms with Crippen molar-refractivity contribution >= 4 is 44.3 Å². The van der Waals surface area contributed by atoms with Crippen LogP contribution in [0.15, 0.2) is 72.8 Å². The molecule has 0 bridgehead atoms. The van der Waals surface area contributed by atoms with Crippen molar-refractivity contribution in [3.8, 4) is 0 Å². The van der Waals surface area contributed by atoms with Gasteiger partial charge in [-0.15, -0.1) is 0 Å². The van der Waals surface area contributed by atoms with Gasteiger partial charge in [0, 0.05) is 29.2 Å². The number of rotatable bonds is 12. The Kier molecular flexibility index (Phi) is 9.09. The Morgan fingerprint density at radius 1 is 0.897 bits per heavy atom. The molecule has 3 aromatic carbocycles. The van der Waals surface area contributed by atoms with Crippen LogP contribution >= 0.6 is 0 Å². The van der Waals surface area contributed by atoms with Gasteiger partial charge in [0.15, 0.2) is 0 Å². The van der Waals surface area contributed by atoms with E-state index in [1.165, 1.54) is 5.56 Å². The Morgan fingerprint density at radius 3 is 2.15 bits per heavy atom. The van der Waals surface area contributed by atoms with Gasteiger partial charge in [0.1, 0.15) is 0 Å². The molecule has 7 nitrogen and oxygen atoms in total. The molecule has 0 unspecified atom stereocenters. The van der Waals surface area contributed by atoms with Crippen LogP contribution in [0.4, 0.5) is 17.1 Å². The Hall–Kier alpha value is -3.62.